The highest BCUT2D eigenvalue weighted by Crippen LogP contribution is 2.07. The highest BCUT2D eigenvalue weighted by molar-refractivity contribution is 7.89. The topological polar surface area (TPSA) is 83.5 Å². The average molecular weight is 251 g/mol. The lowest BCUT2D eigenvalue weighted by Gasteiger charge is -2.16. The van der Waals surface area contributed by atoms with Gasteiger partial charge >= 0.3 is 5.97 Å². The first kappa shape index (κ1) is 15.4. The number of rotatable bonds is 8. The molecule has 0 amide bonds. The Hall–Kier alpha value is -0.620. The third kappa shape index (κ3) is 6.79. The Morgan fingerprint density at radius 1 is 1.38 bits per heavy atom. The summed E-state index contributed by atoms with van der Waals surface area (Å²) >= 11 is 0. The van der Waals surface area contributed by atoms with Gasteiger partial charge in [-0.3, -0.25) is 4.79 Å². The molecule has 0 aromatic rings. The maximum Gasteiger partial charge on any atom is 0.321 e. The van der Waals surface area contributed by atoms with Crippen LogP contribution in [0.25, 0.3) is 0 Å². The number of hydrogen-bond donors (Lipinski definition) is 2. The summed E-state index contributed by atoms with van der Waals surface area (Å²) in [6.45, 7) is 5.60. The molecule has 0 radical (unpaired) electrons. The van der Waals surface area contributed by atoms with Crippen LogP contribution < -0.4 is 4.72 Å². The molecule has 0 heterocycles. The van der Waals surface area contributed by atoms with Gasteiger partial charge in [-0.15, -0.1) is 0 Å². The van der Waals surface area contributed by atoms with E-state index in [0.29, 0.717) is 12.8 Å². The van der Waals surface area contributed by atoms with Crippen LogP contribution in [-0.4, -0.2) is 31.3 Å². The molecule has 0 rings (SSSR count). The molecule has 0 spiro atoms. The van der Waals surface area contributed by atoms with E-state index in [1.165, 1.54) is 0 Å². The van der Waals surface area contributed by atoms with Gasteiger partial charge < -0.3 is 5.11 Å². The van der Waals surface area contributed by atoms with Crippen LogP contribution in [0.1, 0.15) is 40.0 Å². The van der Waals surface area contributed by atoms with Crippen molar-refractivity contribution in [2.24, 2.45) is 5.92 Å². The third-order valence-electron chi connectivity index (χ3n) is 2.09. The highest BCUT2D eigenvalue weighted by Gasteiger charge is 2.24. The Balaban J connectivity index is 4.44. The molecular weight excluding hydrogens is 230 g/mol. The van der Waals surface area contributed by atoms with E-state index < -0.39 is 22.0 Å². The molecule has 0 bridgehead atoms. The zero-order valence-electron chi connectivity index (χ0n) is 10.1. The summed E-state index contributed by atoms with van der Waals surface area (Å²) in [5.41, 5.74) is 0. The van der Waals surface area contributed by atoms with Crippen LogP contribution in [0.15, 0.2) is 0 Å². The van der Waals surface area contributed by atoms with Gasteiger partial charge in [0, 0.05) is 0 Å². The minimum atomic E-state index is -3.46. The molecule has 0 saturated carbocycles. The molecule has 6 heteroatoms. The second-order valence-electron chi connectivity index (χ2n) is 4.31. The largest absolute Gasteiger partial charge is 0.480 e. The molecule has 96 valence electrons. The lowest BCUT2D eigenvalue weighted by Crippen LogP contribution is -2.42. The lowest BCUT2D eigenvalue weighted by molar-refractivity contribution is -0.139. The van der Waals surface area contributed by atoms with Crippen molar-refractivity contribution in [3.8, 4) is 0 Å². The Bertz CT molecular complexity index is 311. The number of nitrogens with one attached hydrogen (secondary N) is 1. The van der Waals surface area contributed by atoms with Crippen molar-refractivity contribution in [1.82, 2.24) is 4.72 Å². The van der Waals surface area contributed by atoms with E-state index in [1.807, 2.05) is 20.8 Å². The molecule has 0 aliphatic rings. The highest BCUT2D eigenvalue weighted by atomic mass is 32.2. The minimum absolute atomic E-state index is 0.00856. The van der Waals surface area contributed by atoms with Crippen LogP contribution in [0.4, 0.5) is 0 Å². The van der Waals surface area contributed by atoms with Gasteiger partial charge in [-0.05, 0) is 18.8 Å². The van der Waals surface area contributed by atoms with Crippen molar-refractivity contribution in [2.75, 3.05) is 5.75 Å². The fourth-order valence-corrected chi connectivity index (χ4v) is 2.70. The average Bonchev–Trinajstić information content (AvgIpc) is 2.12. The number of sulfonamides is 1. The maximum atomic E-state index is 11.5. The lowest BCUT2D eigenvalue weighted by atomic mass is 10.1. The van der Waals surface area contributed by atoms with E-state index >= 15 is 0 Å². The molecule has 0 aliphatic carbocycles. The molecule has 0 saturated heterocycles. The number of carbonyl (C=O) groups is 1. The van der Waals surface area contributed by atoms with Gasteiger partial charge in [0.15, 0.2) is 0 Å². The van der Waals surface area contributed by atoms with Crippen molar-refractivity contribution in [2.45, 2.75) is 46.1 Å². The predicted molar refractivity (Wildman–Crippen MR) is 62.7 cm³/mol. The summed E-state index contributed by atoms with van der Waals surface area (Å²) in [5.74, 6) is -0.991. The Labute approximate surface area is 97.3 Å². The van der Waals surface area contributed by atoms with Crippen molar-refractivity contribution in [1.29, 1.82) is 0 Å². The quantitative estimate of drug-likeness (QED) is 0.679. The Morgan fingerprint density at radius 3 is 2.31 bits per heavy atom. The standard InChI is InChI=1S/C10H21NO4S/c1-4-5-6-16(14,15)11-9(10(12)13)7-8(2)3/h8-9,11H,4-7H2,1-3H3,(H,12,13). The normalized spacial score (nSPS) is 14.0. The number of aliphatic carboxylic acids is 1. The minimum Gasteiger partial charge on any atom is -0.480 e. The summed E-state index contributed by atoms with van der Waals surface area (Å²) in [5, 5.41) is 8.88. The smallest absolute Gasteiger partial charge is 0.321 e. The molecule has 16 heavy (non-hydrogen) atoms. The summed E-state index contributed by atoms with van der Waals surface area (Å²) in [6, 6.07) is -1.01. The first-order valence-corrected chi connectivity index (χ1v) is 7.16. The number of hydrogen-bond acceptors (Lipinski definition) is 3. The van der Waals surface area contributed by atoms with Gasteiger partial charge in [-0.25, -0.2) is 13.1 Å². The van der Waals surface area contributed by atoms with Crippen LogP contribution >= 0.6 is 0 Å². The number of unbranched alkanes of at least 4 members (excludes halogenated alkanes) is 1. The van der Waals surface area contributed by atoms with Gasteiger partial charge in [0.25, 0.3) is 0 Å². The molecule has 0 aliphatic heterocycles. The van der Waals surface area contributed by atoms with Crippen LogP contribution in [0.2, 0.25) is 0 Å². The van der Waals surface area contributed by atoms with Crippen LogP contribution in [0.3, 0.4) is 0 Å². The van der Waals surface area contributed by atoms with Gasteiger partial charge in [-0.2, -0.15) is 0 Å². The molecule has 0 aromatic heterocycles. The van der Waals surface area contributed by atoms with Crippen LogP contribution in [0, 0.1) is 5.92 Å². The van der Waals surface area contributed by atoms with E-state index in [1.54, 1.807) is 0 Å². The van der Waals surface area contributed by atoms with Crippen molar-refractivity contribution >= 4 is 16.0 Å². The van der Waals surface area contributed by atoms with Crippen LogP contribution in [-0.2, 0) is 14.8 Å². The molecule has 5 nitrogen and oxygen atoms in total. The molecule has 1 unspecified atom stereocenters. The van der Waals surface area contributed by atoms with E-state index in [-0.39, 0.29) is 11.7 Å². The SMILES string of the molecule is CCCCS(=O)(=O)NC(CC(C)C)C(=O)O. The summed E-state index contributed by atoms with van der Waals surface area (Å²) in [4.78, 5) is 10.9. The molecular formula is C10H21NO4S. The number of carboxylic acids is 1. The van der Waals surface area contributed by atoms with Crippen molar-refractivity contribution in [3.63, 3.8) is 0 Å². The van der Waals surface area contributed by atoms with Crippen LogP contribution in [0.5, 0.6) is 0 Å². The van der Waals surface area contributed by atoms with Gasteiger partial charge in [-0.1, -0.05) is 27.2 Å². The molecule has 2 N–H and O–H groups in total. The zero-order valence-corrected chi connectivity index (χ0v) is 10.9. The maximum absolute atomic E-state index is 11.5. The molecule has 0 fully saturated rings. The van der Waals surface area contributed by atoms with E-state index in [4.69, 9.17) is 5.11 Å². The monoisotopic (exact) mass is 251 g/mol. The number of carboxylic acid groups (broad SMARTS) is 1. The summed E-state index contributed by atoms with van der Waals surface area (Å²) in [7, 11) is -3.46. The third-order valence-corrected chi connectivity index (χ3v) is 3.56. The van der Waals surface area contributed by atoms with Gasteiger partial charge in [0.1, 0.15) is 6.04 Å². The Kier molecular flexibility index (Phi) is 6.59. The Morgan fingerprint density at radius 2 is 1.94 bits per heavy atom. The van der Waals surface area contributed by atoms with Gasteiger partial charge in [0.2, 0.25) is 10.0 Å². The first-order chi connectivity index (χ1) is 7.28. The van der Waals surface area contributed by atoms with E-state index in [0.717, 1.165) is 6.42 Å². The fourth-order valence-electron chi connectivity index (χ4n) is 1.28. The second kappa shape index (κ2) is 6.85. The summed E-state index contributed by atoms with van der Waals surface area (Å²) in [6.07, 6.45) is 1.62. The molecule has 1 atom stereocenters. The van der Waals surface area contributed by atoms with E-state index in [9.17, 15) is 13.2 Å². The summed E-state index contributed by atoms with van der Waals surface area (Å²) < 4.78 is 25.3. The zero-order chi connectivity index (χ0) is 12.8. The molecule has 0 aromatic carbocycles. The van der Waals surface area contributed by atoms with Crippen molar-refractivity contribution < 1.29 is 18.3 Å². The first-order valence-electron chi connectivity index (χ1n) is 5.51. The second-order valence-corrected chi connectivity index (χ2v) is 6.18. The fraction of sp³-hybridized carbons (Fsp3) is 0.900. The van der Waals surface area contributed by atoms with Crippen molar-refractivity contribution in [3.05, 3.63) is 0 Å². The van der Waals surface area contributed by atoms with Gasteiger partial charge in [0.05, 0.1) is 5.75 Å². The predicted octanol–water partition coefficient (Wildman–Crippen LogP) is 1.21. The van der Waals surface area contributed by atoms with E-state index in [2.05, 4.69) is 4.72 Å².